The van der Waals surface area contributed by atoms with E-state index >= 15 is 0 Å². The smallest absolute Gasteiger partial charge is 0.258 e. The van der Waals surface area contributed by atoms with E-state index in [1.54, 1.807) is 24.3 Å². The van der Waals surface area contributed by atoms with Crippen LogP contribution in [0.3, 0.4) is 0 Å². The third-order valence-corrected chi connectivity index (χ3v) is 4.16. The molecule has 6 heteroatoms. The first-order chi connectivity index (χ1) is 12.5. The second-order valence-corrected chi connectivity index (χ2v) is 6.05. The van der Waals surface area contributed by atoms with Crippen molar-refractivity contribution >= 4 is 22.8 Å². The minimum absolute atomic E-state index is 0.139. The SMILES string of the molecule is Cc1c([C@@H](C)NC(=O)COc2ccc(C(N)=O)cc2)oc2ccccc12. The lowest BCUT2D eigenvalue weighted by Gasteiger charge is -2.13. The normalized spacial score (nSPS) is 11.9. The number of carbonyl (C=O) groups is 2. The van der Waals surface area contributed by atoms with E-state index < -0.39 is 5.91 Å². The maximum absolute atomic E-state index is 12.1. The molecule has 0 aliphatic carbocycles. The number of hydrogen-bond acceptors (Lipinski definition) is 4. The molecule has 6 nitrogen and oxygen atoms in total. The van der Waals surface area contributed by atoms with E-state index in [9.17, 15) is 9.59 Å². The van der Waals surface area contributed by atoms with Crippen LogP contribution in [0.25, 0.3) is 11.0 Å². The minimum Gasteiger partial charge on any atom is -0.484 e. The summed E-state index contributed by atoms with van der Waals surface area (Å²) in [5.74, 6) is 0.434. The van der Waals surface area contributed by atoms with Crippen LogP contribution in [0.1, 0.15) is 34.6 Å². The molecule has 134 valence electrons. The van der Waals surface area contributed by atoms with Gasteiger partial charge in [0, 0.05) is 16.5 Å². The van der Waals surface area contributed by atoms with Crippen molar-refractivity contribution in [3.8, 4) is 5.75 Å². The van der Waals surface area contributed by atoms with E-state index in [-0.39, 0.29) is 18.6 Å². The van der Waals surface area contributed by atoms with Crippen molar-refractivity contribution in [2.45, 2.75) is 19.9 Å². The highest BCUT2D eigenvalue weighted by Gasteiger charge is 2.18. The number of primary amides is 1. The fraction of sp³-hybridized carbons (Fsp3) is 0.200. The summed E-state index contributed by atoms with van der Waals surface area (Å²) in [4.78, 5) is 23.2. The van der Waals surface area contributed by atoms with Crippen molar-refractivity contribution in [3.05, 3.63) is 65.4 Å². The third-order valence-electron chi connectivity index (χ3n) is 4.16. The Hall–Kier alpha value is -3.28. The molecule has 0 aliphatic rings. The summed E-state index contributed by atoms with van der Waals surface area (Å²) < 4.78 is 11.3. The molecule has 3 aromatic rings. The number of benzene rings is 2. The zero-order valence-electron chi connectivity index (χ0n) is 14.6. The molecular formula is C20H20N2O4. The van der Waals surface area contributed by atoms with E-state index in [4.69, 9.17) is 14.9 Å². The first kappa shape index (κ1) is 17.5. The Morgan fingerprint density at radius 1 is 1.15 bits per heavy atom. The topological polar surface area (TPSA) is 94.6 Å². The van der Waals surface area contributed by atoms with Gasteiger partial charge >= 0.3 is 0 Å². The van der Waals surface area contributed by atoms with Gasteiger partial charge in [-0.25, -0.2) is 0 Å². The van der Waals surface area contributed by atoms with Crippen molar-refractivity contribution in [2.24, 2.45) is 5.73 Å². The first-order valence-electron chi connectivity index (χ1n) is 8.25. The lowest BCUT2D eigenvalue weighted by atomic mass is 10.1. The standard InChI is InChI=1S/C20H20N2O4/c1-12-16-5-3-4-6-17(16)26-19(12)13(2)22-18(23)11-25-15-9-7-14(8-10-15)20(21)24/h3-10,13H,11H2,1-2H3,(H2,21,24)(H,22,23)/t13-/m1/s1. The number of para-hydroxylation sites is 1. The Kier molecular flexibility index (Phi) is 4.93. The Morgan fingerprint density at radius 3 is 2.50 bits per heavy atom. The monoisotopic (exact) mass is 352 g/mol. The lowest BCUT2D eigenvalue weighted by Crippen LogP contribution is -2.31. The summed E-state index contributed by atoms with van der Waals surface area (Å²) >= 11 is 0. The van der Waals surface area contributed by atoms with Gasteiger partial charge in [0.05, 0.1) is 6.04 Å². The average molecular weight is 352 g/mol. The first-order valence-corrected chi connectivity index (χ1v) is 8.25. The fourth-order valence-electron chi connectivity index (χ4n) is 2.82. The van der Waals surface area contributed by atoms with Gasteiger partial charge in [-0.1, -0.05) is 18.2 Å². The molecular weight excluding hydrogens is 332 g/mol. The van der Waals surface area contributed by atoms with Gasteiger partial charge in [0.2, 0.25) is 5.91 Å². The van der Waals surface area contributed by atoms with Gasteiger partial charge < -0.3 is 20.2 Å². The Bertz CT molecular complexity index is 944. The number of aryl methyl sites for hydroxylation is 1. The van der Waals surface area contributed by atoms with Crippen LogP contribution in [0.4, 0.5) is 0 Å². The lowest BCUT2D eigenvalue weighted by molar-refractivity contribution is -0.123. The van der Waals surface area contributed by atoms with E-state index in [1.807, 2.05) is 38.1 Å². The molecule has 0 saturated heterocycles. The maximum atomic E-state index is 12.1. The van der Waals surface area contributed by atoms with E-state index in [1.165, 1.54) is 0 Å². The molecule has 26 heavy (non-hydrogen) atoms. The summed E-state index contributed by atoms with van der Waals surface area (Å²) in [6.45, 7) is 3.70. The number of rotatable bonds is 6. The maximum Gasteiger partial charge on any atom is 0.258 e. The zero-order chi connectivity index (χ0) is 18.7. The predicted molar refractivity (Wildman–Crippen MR) is 98.0 cm³/mol. The van der Waals surface area contributed by atoms with Crippen LogP contribution < -0.4 is 15.8 Å². The summed E-state index contributed by atoms with van der Waals surface area (Å²) in [6, 6.07) is 13.8. The number of hydrogen-bond donors (Lipinski definition) is 2. The molecule has 0 unspecified atom stereocenters. The van der Waals surface area contributed by atoms with Gasteiger partial charge in [0.25, 0.3) is 5.91 Å². The van der Waals surface area contributed by atoms with Gasteiger partial charge in [-0.15, -0.1) is 0 Å². The van der Waals surface area contributed by atoms with Gasteiger partial charge in [0.15, 0.2) is 6.61 Å². The summed E-state index contributed by atoms with van der Waals surface area (Å²) in [5, 5.41) is 3.90. The van der Waals surface area contributed by atoms with Gasteiger partial charge in [0.1, 0.15) is 17.1 Å². The van der Waals surface area contributed by atoms with Crippen LogP contribution in [0.5, 0.6) is 5.75 Å². The van der Waals surface area contributed by atoms with Crippen LogP contribution in [-0.2, 0) is 4.79 Å². The number of nitrogens with two attached hydrogens (primary N) is 1. The van der Waals surface area contributed by atoms with Crippen molar-refractivity contribution in [3.63, 3.8) is 0 Å². The van der Waals surface area contributed by atoms with Gasteiger partial charge in [-0.3, -0.25) is 9.59 Å². The highest BCUT2D eigenvalue weighted by Crippen LogP contribution is 2.29. The Balaban J connectivity index is 1.60. The summed E-state index contributed by atoms with van der Waals surface area (Å²) in [6.07, 6.45) is 0. The zero-order valence-corrected chi connectivity index (χ0v) is 14.6. The van der Waals surface area contributed by atoms with Crippen LogP contribution in [0.15, 0.2) is 52.9 Å². The van der Waals surface area contributed by atoms with Gasteiger partial charge in [-0.05, 0) is 44.2 Å². The quantitative estimate of drug-likeness (QED) is 0.713. The average Bonchev–Trinajstić information content (AvgIpc) is 2.97. The molecule has 2 aromatic carbocycles. The van der Waals surface area contributed by atoms with Crippen molar-refractivity contribution < 1.29 is 18.7 Å². The van der Waals surface area contributed by atoms with Crippen LogP contribution in [0.2, 0.25) is 0 Å². The number of amides is 2. The molecule has 3 N–H and O–H groups in total. The Morgan fingerprint density at radius 2 is 1.85 bits per heavy atom. The second-order valence-electron chi connectivity index (χ2n) is 6.05. The number of ether oxygens (including phenoxy) is 1. The molecule has 1 heterocycles. The summed E-state index contributed by atoms with van der Waals surface area (Å²) in [7, 11) is 0. The predicted octanol–water partition coefficient (Wildman–Crippen LogP) is 3.10. The van der Waals surface area contributed by atoms with E-state index in [0.29, 0.717) is 11.3 Å². The van der Waals surface area contributed by atoms with Crippen molar-refractivity contribution in [2.75, 3.05) is 6.61 Å². The number of furan rings is 1. The van der Waals surface area contributed by atoms with E-state index in [0.717, 1.165) is 22.3 Å². The second kappa shape index (κ2) is 7.31. The summed E-state index contributed by atoms with van der Waals surface area (Å²) in [5.41, 5.74) is 7.38. The molecule has 3 rings (SSSR count). The Labute approximate surface area is 150 Å². The van der Waals surface area contributed by atoms with Crippen LogP contribution in [0, 0.1) is 6.92 Å². The minimum atomic E-state index is -0.510. The van der Waals surface area contributed by atoms with Crippen LogP contribution in [-0.4, -0.2) is 18.4 Å². The molecule has 0 spiro atoms. The third kappa shape index (κ3) is 3.69. The molecule has 0 bridgehead atoms. The van der Waals surface area contributed by atoms with Crippen LogP contribution >= 0.6 is 0 Å². The van der Waals surface area contributed by atoms with Crippen molar-refractivity contribution in [1.29, 1.82) is 0 Å². The molecule has 1 atom stereocenters. The highest BCUT2D eigenvalue weighted by atomic mass is 16.5. The highest BCUT2D eigenvalue weighted by molar-refractivity contribution is 5.92. The van der Waals surface area contributed by atoms with Crippen molar-refractivity contribution in [1.82, 2.24) is 5.32 Å². The molecule has 0 aliphatic heterocycles. The largest absolute Gasteiger partial charge is 0.484 e. The molecule has 0 fully saturated rings. The number of nitrogens with one attached hydrogen (secondary N) is 1. The number of carbonyl (C=O) groups excluding carboxylic acids is 2. The fourth-order valence-corrected chi connectivity index (χ4v) is 2.82. The molecule has 0 radical (unpaired) electrons. The number of fused-ring (bicyclic) bond motifs is 1. The molecule has 2 amide bonds. The van der Waals surface area contributed by atoms with Gasteiger partial charge in [-0.2, -0.15) is 0 Å². The molecule has 1 aromatic heterocycles. The van der Waals surface area contributed by atoms with E-state index in [2.05, 4.69) is 5.32 Å². The molecule has 0 saturated carbocycles.